The van der Waals surface area contributed by atoms with Gasteiger partial charge in [0.25, 0.3) is 0 Å². The van der Waals surface area contributed by atoms with E-state index in [2.05, 4.69) is 0 Å². The van der Waals surface area contributed by atoms with Crippen molar-refractivity contribution in [2.75, 3.05) is 0 Å². The Labute approximate surface area is 104 Å². The lowest BCUT2D eigenvalue weighted by atomic mass is 10.1. The zero-order valence-electron chi connectivity index (χ0n) is 9.76. The molecule has 5 heteroatoms. The zero-order valence-corrected chi connectivity index (χ0v) is 9.76. The van der Waals surface area contributed by atoms with E-state index in [1.165, 1.54) is 17.0 Å². The van der Waals surface area contributed by atoms with E-state index in [-0.39, 0.29) is 23.9 Å². The molecule has 1 aromatic carbocycles. The maximum Gasteiger partial charge on any atom is 0.335 e. The van der Waals surface area contributed by atoms with Gasteiger partial charge in [0.15, 0.2) is 0 Å². The number of carbonyl (C=O) groups excluding carboxylic acids is 2. The van der Waals surface area contributed by atoms with Crippen LogP contribution < -0.4 is 0 Å². The summed E-state index contributed by atoms with van der Waals surface area (Å²) in [7, 11) is 0. The molecular weight excluding hydrogens is 234 g/mol. The van der Waals surface area contributed by atoms with Gasteiger partial charge in [-0.2, -0.15) is 0 Å². The molecule has 2 rings (SSSR count). The molecule has 0 atom stereocenters. The summed E-state index contributed by atoms with van der Waals surface area (Å²) in [4.78, 5) is 35.3. The third-order valence-corrected chi connectivity index (χ3v) is 2.90. The second-order valence-electron chi connectivity index (χ2n) is 4.23. The predicted octanol–water partition coefficient (Wildman–Crippen LogP) is 1.42. The van der Waals surface area contributed by atoms with Crippen LogP contribution in [0.3, 0.4) is 0 Å². The Morgan fingerprint density at radius 2 is 1.89 bits per heavy atom. The molecule has 0 unspecified atom stereocenters. The van der Waals surface area contributed by atoms with Gasteiger partial charge >= 0.3 is 5.97 Å². The maximum absolute atomic E-state index is 11.6. The number of hydrogen-bond donors (Lipinski definition) is 1. The molecule has 0 radical (unpaired) electrons. The van der Waals surface area contributed by atoms with E-state index in [1.807, 2.05) is 0 Å². The van der Waals surface area contributed by atoms with Gasteiger partial charge in [-0.1, -0.05) is 12.1 Å². The third kappa shape index (κ3) is 2.56. The molecule has 0 aliphatic carbocycles. The van der Waals surface area contributed by atoms with Crippen molar-refractivity contribution in [2.24, 2.45) is 0 Å². The first kappa shape index (κ1) is 12.3. The monoisotopic (exact) mass is 247 g/mol. The number of piperidine rings is 1. The highest BCUT2D eigenvalue weighted by Crippen LogP contribution is 2.16. The van der Waals surface area contributed by atoms with Crippen LogP contribution in [0.2, 0.25) is 0 Å². The molecule has 0 aromatic heterocycles. The smallest absolute Gasteiger partial charge is 0.335 e. The van der Waals surface area contributed by atoms with Crippen molar-refractivity contribution in [3.63, 3.8) is 0 Å². The van der Waals surface area contributed by atoms with Crippen LogP contribution in [-0.2, 0) is 16.1 Å². The van der Waals surface area contributed by atoms with E-state index >= 15 is 0 Å². The summed E-state index contributed by atoms with van der Waals surface area (Å²) >= 11 is 0. The minimum Gasteiger partial charge on any atom is -0.478 e. The minimum atomic E-state index is -1.02. The standard InChI is InChI=1S/C13H13NO4/c15-11-5-2-6-12(16)14(11)8-9-3-1-4-10(7-9)13(17)18/h1,3-4,7H,2,5-6,8H2,(H,17,18). The average Bonchev–Trinajstić information content (AvgIpc) is 2.34. The Balaban J connectivity index is 2.17. The second-order valence-corrected chi connectivity index (χ2v) is 4.23. The highest BCUT2D eigenvalue weighted by Gasteiger charge is 2.25. The van der Waals surface area contributed by atoms with Crippen LogP contribution in [-0.4, -0.2) is 27.8 Å². The van der Waals surface area contributed by atoms with Gasteiger partial charge in [-0.25, -0.2) is 4.79 Å². The van der Waals surface area contributed by atoms with Gasteiger partial charge in [0.2, 0.25) is 11.8 Å². The number of amides is 2. The van der Waals surface area contributed by atoms with Crippen molar-refractivity contribution < 1.29 is 19.5 Å². The zero-order chi connectivity index (χ0) is 13.1. The van der Waals surface area contributed by atoms with Crippen LogP contribution in [0.1, 0.15) is 35.2 Å². The van der Waals surface area contributed by atoms with E-state index in [4.69, 9.17) is 5.11 Å². The molecule has 1 aromatic rings. The minimum absolute atomic E-state index is 0.152. The number of hydrogen-bond acceptors (Lipinski definition) is 3. The molecular formula is C13H13NO4. The molecule has 1 aliphatic rings. The summed E-state index contributed by atoms with van der Waals surface area (Å²) in [5, 5.41) is 8.87. The Morgan fingerprint density at radius 3 is 2.50 bits per heavy atom. The topological polar surface area (TPSA) is 74.7 Å². The Bertz CT molecular complexity index is 493. The fourth-order valence-electron chi connectivity index (χ4n) is 1.96. The summed E-state index contributed by atoms with van der Waals surface area (Å²) in [6, 6.07) is 6.28. The molecule has 1 N–H and O–H groups in total. The van der Waals surface area contributed by atoms with Gasteiger partial charge in [-0.05, 0) is 24.1 Å². The number of rotatable bonds is 3. The van der Waals surface area contributed by atoms with Gasteiger partial charge in [0.05, 0.1) is 12.1 Å². The van der Waals surface area contributed by atoms with Crippen molar-refractivity contribution in [3.05, 3.63) is 35.4 Å². The lowest BCUT2D eigenvalue weighted by Gasteiger charge is -2.24. The van der Waals surface area contributed by atoms with Crippen molar-refractivity contribution >= 4 is 17.8 Å². The van der Waals surface area contributed by atoms with Gasteiger partial charge in [-0.3, -0.25) is 14.5 Å². The molecule has 1 fully saturated rings. The fraction of sp³-hybridized carbons (Fsp3) is 0.308. The van der Waals surface area contributed by atoms with Crippen molar-refractivity contribution in [1.82, 2.24) is 4.90 Å². The quantitative estimate of drug-likeness (QED) is 0.820. The van der Waals surface area contributed by atoms with Crippen LogP contribution in [0, 0.1) is 0 Å². The SMILES string of the molecule is O=C(O)c1cccc(CN2C(=O)CCCC2=O)c1. The van der Waals surface area contributed by atoms with E-state index in [0.717, 1.165) is 0 Å². The van der Waals surface area contributed by atoms with Crippen molar-refractivity contribution in [3.8, 4) is 0 Å². The summed E-state index contributed by atoms with van der Waals surface area (Å²) in [5.74, 6) is -1.40. The molecule has 1 heterocycles. The van der Waals surface area contributed by atoms with Gasteiger partial charge < -0.3 is 5.11 Å². The number of imide groups is 1. The molecule has 1 aliphatic heterocycles. The van der Waals surface area contributed by atoms with Gasteiger partial charge in [0, 0.05) is 12.8 Å². The number of carboxylic acid groups (broad SMARTS) is 1. The highest BCUT2D eigenvalue weighted by molar-refractivity contribution is 5.97. The number of nitrogens with zero attached hydrogens (tertiary/aromatic N) is 1. The van der Waals surface area contributed by atoms with Gasteiger partial charge in [-0.15, -0.1) is 0 Å². The normalized spacial score (nSPS) is 15.9. The van der Waals surface area contributed by atoms with E-state index in [9.17, 15) is 14.4 Å². The van der Waals surface area contributed by atoms with E-state index in [0.29, 0.717) is 24.8 Å². The second kappa shape index (κ2) is 5.00. The number of carboxylic acids is 1. The molecule has 18 heavy (non-hydrogen) atoms. The summed E-state index contributed by atoms with van der Waals surface area (Å²) in [6.07, 6.45) is 1.36. The lowest BCUT2D eigenvalue weighted by Crippen LogP contribution is -2.39. The first-order chi connectivity index (χ1) is 8.58. The molecule has 1 saturated heterocycles. The average molecular weight is 247 g/mol. The Kier molecular flexibility index (Phi) is 3.41. The van der Waals surface area contributed by atoms with Crippen LogP contribution >= 0.6 is 0 Å². The lowest BCUT2D eigenvalue weighted by molar-refractivity contribution is -0.148. The predicted molar refractivity (Wildman–Crippen MR) is 62.8 cm³/mol. The van der Waals surface area contributed by atoms with Crippen LogP contribution in [0.5, 0.6) is 0 Å². The van der Waals surface area contributed by atoms with Crippen LogP contribution in [0.4, 0.5) is 0 Å². The summed E-state index contributed by atoms with van der Waals surface area (Å²) in [6.45, 7) is 0.152. The number of aromatic carboxylic acids is 1. The molecule has 2 amide bonds. The fourth-order valence-corrected chi connectivity index (χ4v) is 1.96. The van der Waals surface area contributed by atoms with E-state index < -0.39 is 5.97 Å². The Hall–Kier alpha value is -2.17. The van der Waals surface area contributed by atoms with Gasteiger partial charge in [0.1, 0.15) is 0 Å². The molecule has 5 nitrogen and oxygen atoms in total. The highest BCUT2D eigenvalue weighted by atomic mass is 16.4. The Morgan fingerprint density at radius 1 is 1.22 bits per heavy atom. The van der Waals surface area contributed by atoms with Crippen LogP contribution in [0.15, 0.2) is 24.3 Å². The van der Waals surface area contributed by atoms with Crippen molar-refractivity contribution in [1.29, 1.82) is 0 Å². The molecule has 0 bridgehead atoms. The summed E-state index contributed by atoms with van der Waals surface area (Å²) in [5.41, 5.74) is 0.808. The van der Waals surface area contributed by atoms with Crippen LogP contribution in [0.25, 0.3) is 0 Å². The van der Waals surface area contributed by atoms with E-state index in [1.54, 1.807) is 12.1 Å². The number of likely N-dealkylation sites (tertiary alicyclic amines) is 1. The maximum atomic E-state index is 11.6. The summed E-state index contributed by atoms with van der Waals surface area (Å²) < 4.78 is 0. The number of carbonyl (C=O) groups is 3. The largest absolute Gasteiger partial charge is 0.478 e. The third-order valence-electron chi connectivity index (χ3n) is 2.90. The molecule has 0 saturated carbocycles. The molecule has 94 valence electrons. The van der Waals surface area contributed by atoms with Crippen molar-refractivity contribution in [2.45, 2.75) is 25.8 Å². The first-order valence-corrected chi connectivity index (χ1v) is 5.73. The molecule has 0 spiro atoms. The number of benzene rings is 1. The first-order valence-electron chi connectivity index (χ1n) is 5.73.